The van der Waals surface area contributed by atoms with Crippen molar-refractivity contribution in [2.75, 3.05) is 5.32 Å². The van der Waals surface area contributed by atoms with Crippen molar-refractivity contribution < 1.29 is 0 Å². The molecule has 19 heavy (non-hydrogen) atoms. The highest BCUT2D eigenvalue weighted by Gasteiger charge is 2.09. The lowest BCUT2D eigenvalue weighted by molar-refractivity contribution is 0.866. The van der Waals surface area contributed by atoms with Crippen LogP contribution < -0.4 is 5.32 Å². The Morgan fingerprint density at radius 1 is 1.16 bits per heavy atom. The van der Waals surface area contributed by atoms with Gasteiger partial charge < -0.3 is 5.32 Å². The fraction of sp³-hybridized carbons (Fsp3) is 0.143. The summed E-state index contributed by atoms with van der Waals surface area (Å²) >= 11 is 3.44. The van der Waals surface area contributed by atoms with Crippen LogP contribution in [-0.2, 0) is 0 Å². The number of benzene rings is 1. The van der Waals surface area contributed by atoms with Gasteiger partial charge in [-0.15, -0.1) is 0 Å². The average molecular weight is 317 g/mol. The first-order valence-electron chi connectivity index (χ1n) is 6.04. The molecule has 2 aromatic heterocycles. The molecule has 0 saturated carbocycles. The fourth-order valence-electron chi connectivity index (χ4n) is 2.01. The van der Waals surface area contributed by atoms with Crippen molar-refractivity contribution in [2.45, 2.75) is 13.0 Å². The van der Waals surface area contributed by atoms with Gasteiger partial charge in [0.25, 0.3) is 0 Å². The monoisotopic (exact) mass is 316 g/mol. The lowest BCUT2D eigenvalue weighted by Gasteiger charge is -2.15. The smallest absolute Gasteiger partial charge is 0.152 e. The Morgan fingerprint density at radius 3 is 2.74 bits per heavy atom. The van der Waals surface area contributed by atoms with Crippen molar-refractivity contribution in [1.29, 1.82) is 0 Å². The van der Waals surface area contributed by atoms with E-state index in [1.54, 1.807) is 12.4 Å². The Bertz CT molecular complexity index is 690. The average Bonchev–Trinajstić information content (AvgIpc) is 2.89. The van der Waals surface area contributed by atoms with Crippen LogP contribution in [0.5, 0.6) is 0 Å². The molecule has 0 spiro atoms. The van der Waals surface area contributed by atoms with E-state index in [9.17, 15) is 0 Å². The number of rotatable bonds is 3. The number of aromatic nitrogens is 3. The van der Waals surface area contributed by atoms with Crippen LogP contribution in [0.3, 0.4) is 0 Å². The number of hydrogen-bond acceptors (Lipinski definition) is 3. The van der Waals surface area contributed by atoms with E-state index in [4.69, 9.17) is 0 Å². The second-order valence-electron chi connectivity index (χ2n) is 4.35. The summed E-state index contributed by atoms with van der Waals surface area (Å²) in [5, 5.41) is 7.62. The minimum atomic E-state index is 0.182. The van der Waals surface area contributed by atoms with Crippen molar-refractivity contribution in [3.63, 3.8) is 0 Å². The Hall–Kier alpha value is -1.88. The third kappa shape index (κ3) is 2.46. The third-order valence-corrected chi connectivity index (χ3v) is 3.58. The Kier molecular flexibility index (Phi) is 3.21. The zero-order valence-electron chi connectivity index (χ0n) is 10.4. The maximum atomic E-state index is 4.38. The van der Waals surface area contributed by atoms with Gasteiger partial charge in [-0.05, 0) is 30.7 Å². The van der Waals surface area contributed by atoms with Crippen molar-refractivity contribution in [2.24, 2.45) is 0 Å². The summed E-state index contributed by atoms with van der Waals surface area (Å²) in [7, 11) is 0. The number of nitrogens with zero attached hydrogens (tertiary/aromatic N) is 3. The summed E-state index contributed by atoms with van der Waals surface area (Å²) in [6.45, 7) is 2.12. The Morgan fingerprint density at radius 2 is 1.95 bits per heavy atom. The first-order valence-corrected chi connectivity index (χ1v) is 6.84. The van der Waals surface area contributed by atoms with Gasteiger partial charge in [0.05, 0.1) is 12.2 Å². The quantitative estimate of drug-likeness (QED) is 0.801. The highest BCUT2D eigenvalue weighted by molar-refractivity contribution is 9.10. The van der Waals surface area contributed by atoms with E-state index in [0.717, 1.165) is 15.8 Å². The van der Waals surface area contributed by atoms with E-state index in [0.29, 0.717) is 0 Å². The number of anilines is 1. The minimum absolute atomic E-state index is 0.182. The van der Waals surface area contributed by atoms with Crippen LogP contribution in [0.15, 0.2) is 53.4 Å². The Balaban J connectivity index is 1.88. The SMILES string of the molecule is CC(Nc1nccn2nccc12)c1ccc(Br)cc1. The van der Waals surface area contributed by atoms with E-state index < -0.39 is 0 Å². The number of hydrogen-bond donors (Lipinski definition) is 1. The molecule has 3 rings (SSSR count). The fourth-order valence-corrected chi connectivity index (χ4v) is 2.27. The molecular weight excluding hydrogens is 304 g/mol. The maximum Gasteiger partial charge on any atom is 0.152 e. The second-order valence-corrected chi connectivity index (χ2v) is 5.27. The molecule has 0 radical (unpaired) electrons. The standard InChI is InChI=1S/C14H13BrN4/c1-10(11-2-4-12(15)5-3-11)18-14-13-6-7-17-19(13)9-8-16-14/h2-10H,1H3,(H,16,18). The minimum Gasteiger partial charge on any atom is -0.362 e. The summed E-state index contributed by atoms with van der Waals surface area (Å²) in [6, 6.07) is 10.4. The molecule has 0 aliphatic carbocycles. The van der Waals surface area contributed by atoms with E-state index in [1.165, 1.54) is 5.56 Å². The Labute approximate surface area is 119 Å². The first-order chi connectivity index (χ1) is 9.24. The van der Waals surface area contributed by atoms with Crippen LogP contribution in [0, 0.1) is 0 Å². The van der Waals surface area contributed by atoms with Crippen molar-refractivity contribution >= 4 is 27.3 Å². The predicted octanol–water partition coefficient (Wildman–Crippen LogP) is 3.66. The summed E-state index contributed by atoms with van der Waals surface area (Å²) < 4.78 is 2.89. The molecule has 0 fully saturated rings. The molecule has 4 nitrogen and oxygen atoms in total. The van der Waals surface area contributed by atoms with Crippen LogP contribution in [0.25, 0.3) is 5.52 Å². The lowest BCUT2D eigenvalue weighted by Crippen LogP contribution is -2.09. The largest absolute Gasteiger partial charge is 0.362 e. The molecule has 0 aliphatic rings. The third-order valence-electron chi connectivity index (χ3n) is 3.05. The van der Waals surface area contributed by atoms with Crippen LogP contribution in [0.2, 0.25) is 0 Å². The van der Waals surface area contributed by atoms with Gasteiger partial charge in [0.15, 0.2) is 5.82 Å². The van der Waals surface area contributed by atoms with E-state index in [1.807, 2.05) is 28.9 Å². The summed E-state index contributed by atoms with van der Waals surface area (Å²) in [5.41, 5.74) is 2.19. The van der Waals surface area contributed by atoms with Crippen LogP contribution in [-0.4, -0.2) is 14.6 Å². The van der Waals surface area contributed by atoms with E-state index in [2.05, 4.69) is 50.4 Å². The van der Waals surface area contributed by atoms with Gasteiger partial charge >= 0.3 is 0 Å². The number of fused-ring (bicyclic) bond motifs is 1. The predicted molar refractivity (Wildman–Crippen MR) is 79.2 cm³/mol. The topological polar surface area (TPSA) is 42.2 Å². The van der Waals surface area contributed by atoms with E-state index in [-0.39, 0.29) is 6.04 Å². The van der Waals surface area contributed by atoms with Gasteiger partial charge in [0.2, 0.25) is 0 Å². The molecule has 0 amide bonds. The molecule has 0 bridgehead atoms. The molecule has 1 atom stereocenters. The normalized spacial score (nSPS) is 12.5. The van der Waals surface area contributed by atoms with Crippen molar-refractivity contribution in [3.05, 3.63) is 59.0 Å². The second kappa shape index (κ2) is 5.01. The molecule has 5 heteroatoms. The van der Waals surface area contributed by atoms with Crippen LogP contribution in [0.4, 0.5) is 5.82 Å². The van der Waals surface area contributed by atoms with Gasteiger partial charge in [-0.2, -0.15) is 5.10 Å². The summed E-state index contributed by atoms with van der Waals surface area (Å²) in [4.78, 5) is 4.38. The molecular formula is C14H13BrN4. The molecule has 0 aliphatic heterocycles. The van der Waals surface area contributed by atoms with Gasteiger partial charge in [-0.25, -0.2) is 9.50 Å². The molecule has 0 saturated heterocycles. The molecule has 96 valence electrons. The van der Waals surface area contributed by atoms with Crippen molar-refractivity contribution in [1.82, 2.24) is 14.6 Å². The van der Waals surface area contributed by atoms with Gasteiger partial charge in [0.1, 0.15) is 5.52 Å². The molecule has 2 heterocycles. The molecule has 1 aromatic carbocycles. The molecule has 1 unspecified atom stereocenters. The zero-order valence-corrected chi connectivity index (χ0v) is 12.0. The van der Waals surface area contributed by atoms with E-state index >= 15 is 0 Å². The van der Waals surface area contributed by atoms with Crippen LogP contribution >= 0.6 is 15.9 Å². The highest BCUT2D eigenvalue weighted by Crippen LogP contribution is 2.22. The zero-order chi connectivity index (χ0) is 13.2. The van der Waals surface area contributed by atoms with Gasteiger partial charge in [0, 0.05) is 16.9 Å². The van der Waals surface area contributed by atoms with Gasteiger partial charge in [-0.3, -0.25) is 0 Å². The van der Waals surface area contributed by atoms with Crippen LogP contribution in [0.1, 0.15) is 18.5 Å². The van der Waals surface area contributed by atoms with Crippen molar-refractivity contribution in [3.8, 4) is 0 Å². The summed E-state index contributed by atoms with van der Waals surface area (Å²) in [5.74, 6) is 0.843. The molecule has 1 N–H and O–H groups in total. The lowest BCUT2D eigenvalue weighted by atomic mass is 10.1. The summed E-state index contributed by atoms with van der Waals surface area (Å²) in [6.07, 6.45) is 5.36. The number of halogens is 1. The highest BCUT2D eigenvalue weighted by atomic mass is 79.9. The first kappa shape index (κ1) is 12.2. The molecule has 3 aromatic rings. The van der Waals surface area contributed by atoms with Gasteiger partial charge in [-0.1, -0.05) is 28.1 Å². The number of nitrogens with one attached hydrogen (secondary N) is 1. The maximum absolute atomic E-state index is 4.38.